The Morgan fingerprint density at radius 3 is 2.96 bits per heavy atom. The number of aromatic amines is 1. The highest BCUT2D eigenvalue weighted by Crippen LogP contribution is 2.49. The fraction of sp³-hybridized carbons (Fsp3) is 0.400. The second-order valence-electron chi connectivity index (χ2n) is 7.42. The maximum Gasteiger partial charge on any atom is 0.226 e. The van der Waals surface area contributed by atoms with Crippen LogP contribution < -0.4 is 0 Å². The lowest BCUT2D eigenvalue weighted by Crippen LogP contribution is -2.39. The molecule has 0 spiro atoms. The molecule has 0 bridgehead atoms. The number of hydrogen-bond donors (Lipinski definition) is 1. The molecule has 1 aromatic carbocycles. The van der Waals surface area contributed by atoms with Crippen molar-refractivity contribution in [2.45, 2.75) is 31.7 Å². The molecule has 2 aromatic heterocycles. The number of para-hydroxylation sites is 1. The zero-order valence-electron chi connectivity index (χ0n) is 14.6. The summed E-state index contributed by atoms with van der Waals surface area (Å²) in [4.78, 5) is 18.7. The normalized spacial score (nSPS) is 25.2. The van der Waals surface area contributed by atoms with Crippen molar-refractivity contribution in [2.24, 2.45) is 13.0 Å². The molecule has 5 rings (SSSR count). The molecule has 25 heavy (non-hydrogen) atoms. The van der Waals surface area contributed by atoms with E-state index >= 15 is 0 Å². The van der Waals surface area contributed by atoms with Gasteiger partial charge in [-0.25, -0.2) is 0 Å². The summed E-state index contributed by atoms with van der Waals surface area (Å²) in [6, 6.07) is 8.54. The standard InChI is InChI=1S/C20H22N4O/c1-12-19-15(14-5-3-4-6-18(14)22-19)7-8-24(12)20(25)17-9-16(17)13-10-21-23(2)11-13/h3-6,10-12,16-17,22H,7-9H2,1-2H3/t12-,16+,17+/m1/s1. The lowest BCUT2D eigenvalue weighted by Gasteiger charge is -2.34. The van der Waals surface area contributed by atoms with Crippen LogP contribution in [0.25, 0.3) is 10.9 Å². The first kappa shape index (κ1) is 14.8. The third-order valence-electron chi connectivity index (χ3n) is 5.88. The summed E-state index contributed by atoms with van der Waals surface area (Å²) in [6.07, 6.45) is 5.81. The molecule has 0 saturated heterocycles. The van der Waals surface area contributed by atoms with E-state index in [1.807, 2.05) is 24.1 Å². The van der Waals surface area contributed by atoms with Crippen LogP contribution in [-0.4, -0.2) is 32.1 Å². The van der Waals surface area contributed by atoms with Crippen LogP contribution in [0, 0.1) is 5.92 Å². The van der Waals surface area contributed by atoms with E-state index in [-0.39, 0.29) is 12.0 Å². The summed E-state index contributed by atoms with van der Waals surface area (Å²) in [5.41, 5.74) is 4.95. The number of hydrogen-bond acceptors (Lipinski definition) is 2. The van der Waals surface area contributed by atoms with Crippen LogP contribution in [0.4, 0.5) is 0 Å². The third kappa shape index (κ3) is 2.22. The lowest BCUT2D eigenvalue weighted by molar-refractivity contribution is -0.135. The van der Waals surface area contributed by atoms with Crippen LogP contribution in [0.1, 0.15) is 42.1 Å². The minimum absolute atomic E-state index is 0.110. The fourth-order valence-electron chi connectivity index (χ4n) is 4.41. The highest BCUT2D eigenvalue weighted by Gasteiger charge is 2.47. The van der Waals surface area contributed by atoms with Crippen LogP contribution in [-0.2, 0) is 18.3 Å². The van der Waals surface area contributed by atoms with Gasteiger partial charge >= 0.3 is 0 Å². The van der Waals surface area contributed by atoms with Crippen molar-refractivity contribution in [3.05, 3.63) is 53.5 Å². The Morgan fingerprint density at radius 1 is 1.32 bits per heavy atom. The van der Waals surface area contributed by atoms with E-state index in [0.717, 1.165) is 19.4 Å². The van der Waals surface area contributed by atoms with Crippen molar-refractivity contribution in [1.29, 1.82) is 0 Å². The summed E-state index contributed by atoms with van der Waals surface area (Å²) in [5, 5.41) is 5.54. The predicted molar refractivity (Wildman–Crippen MR) is 96.2 cm³/mol. The summed E-state index contributed by atoms with van der Waals surface area (Å²) in [7, 11) is 1.92. The molecule has 0 radical (unpaired) electrons. The molecule has 128 valence electrons. The van der Waals surface area contributed by atoms with Gasteiger partial charge in [0.25, 0.3) is 0 Å². The highest BCUT2D eigenvalue weighted by molar-refractivity contribution is 5.87. The number of fused-ring (bicyclic) bond motifs is 3. The van der Waals surface area contributed by atoms with E-state index in [1.54, 1.807) is 0 Å². The van der Waals surface area contributed by atoms with Gasteiger partial charge in [0, 0.05) is 42.3 Å². The Balaban J connectivity index is 1.40. The minimum Gasteiger partial charge on any atom is -0.356 e. The quantitative estimate of drug-likeness (QED) is 0.783. The van der Waals surface area contributed by atoms with Crippen LogP contribution >= 0.6 is 0 Å². The number of nitrogens with one attached hydrogen (secondary N) is 1. The van der Waals surface area contributed by atoms with Gasteiger partial charge in [0.05, 0.1) is 12.2 Å². The number of aryl methyl sites for hydroxylation is 1. The number of nitrogens with zero attached hydrogens (tertiary/aromatic N) is 3. The molecule has 3 aromatic rings. The van der Waals surface area contributed by atoms with Crippen LogP contribution in [0.3, 0.4) is 0 Å². The Kier molecular flexibility index (Phi) is 3.08. The zero-order chi connectivity index (χ0) is 17.1. The van der Waals surface area contributed by atoms with Crippen LogP contribution in [0.15, 0.2) is 36.7 Å². The second kappa shape index (κ2) is 5.22. The third-order valence-corrected chi connectivity index (χ3v) is 5.88. The molecule has 2 aliphatic rings. The fourth-order valence-corrected chi connectivity index (χ4v) is 4.41. The van der Waals surface area contributed by atoms with Crippen molar-refractivity contribution < 1.29 is 4.79 Å². The molecule has 1 saturated carbocycles. The lowest BCUT2D eigenvalue weighted by atomic mass is 9.97. The number of aromatic nitrogens is 3. The van der Waals surface area contributed by atoms with Crippen LogP contribution in [0.5, 0.6) is 0 Å². The summed E-state index contributed by atoms with van der Waals surface area (Å²) in [5.74, 6) is 0.765. The van der Waals surface area contributed by atoms with E-state index in [2.05, 4.69) is 46.2 Å². The van der Waals surface area contributed by atoms with Crippen LogP contribution in [0.2, 0.25) is 0 Å². The summed E-state index contributed by atoms with van der Waals surface area (Å²) in [6.45, 7) is 2.96. The largest absolute Gasteiger partial charge is 0.356 e. The van der Waals surface area contributed by atoms with Crippen molar-refractivity contribution in [2.75, 3.05) is 6.54 Å². The molecule has 1 aliphatic carbocycles. The number of carbonyl (C=O) groups is 1. The number of H-pyrrole nitrogens is 1. The van der Waals surface area contributed by atoms with Gasteiger partial charge in [0.1, 0.15) is 0 Å². The minimum atomic E-state index is 0.110. The Hall–Kier alpha value is -2.56. The number of carbonyl (C=O) groups excluding carboxylic acids is 1. The molecule has 1 fully saturated rings. The predicted octanol–water partition coefficient (Wildman–Crippen LogP) is 3.15. The maximum absolute atomic E-state index is 13.1. The van der Waals surface area contributed by atoms with Gasteiger partial charge < -0.3 is 9.88 Å². The van der Waals surface area contributed by atoms with Gasteiger partial charge in [0.2, 0.25) is 5.91 Å². The Bertz CT molecular complexity index is 969. The molecule has 1 N–H and O–H groups in total. The molecular weight excluding hydrogens is 312 g/mol. The van der Waals surface area contributed by atoms with Gasteiger partial charge in [-0.05, 0) is 42.9 Å². The highest BCUT2D eigenvalue weighted by atomic mass is 16.2. The molecule has 3 heterocycles. The van der Waals surface area contributed by atoms with E-state index in [0.29, 0.717) is 11.8 Å². The van der Waals surface area contributed by atoms with Crippen molar-refractivity contribution in [3.63, 3.8) is 0 Å². The van der Waals surface area contributed by atoms with E-state index in [1.165, 1.54) is 27.7 Å². The van der Waals surface area contributed by atoms with Gasteiger partial charge in [0.15, 0.2) is 0 Å². The van der Waals surface area contributed by atoms with Gasteiger partial charge in [-0.1, -0.05) is 18.2 Å². The van der Waals surface area contributed by atoms with E-state index in [4.69, 9.17) is 0 Å². The van der Waals surface area contributed by atoms with E-state index < -0.39 is 0 Å². The first-order valence-corrected chi connectivity index (χ1v) is 9.02. The maximum atomic E-state index is 13.1. The zero-order valence-corrected chi connectivity index (χ0v) is 14.6. The van der Waals surface area contributed by atoms with Gasteiger partial charge in [-0.2, -0.15) is 5.10 Å². The van der Waals surface area contributed by atoms with Crippen molar-refractivity contribution in [3.8, 4) is 0 Å². The molecular formula is C20H22N4O. The summed E-state index contributed by atoms with van der Waals surface area (Å²) < 4.78 is 1.81. The molecule has 5 nitrogen and oxygen atoms in total. The molecule has 1 amide bonds. The number of benzene rings is 1. The molecule has 0 unspecified atom stereocenters. The smallest absolute Gasteiger partial charge is 0.226 e. The monoisotopic (exact) mass is 334 g/mol. The summed E-state index contributed by atoms with van der Waals surface area (Å²) >= 11 is 0. The van der Waals surface area contributed by atoms with Crippen molar-refractivity contribution in [1.82, 2.24) is 19.7 Å². The first-order valence-electron chi connectivity index (χ1n) is 9.02. The number of rotatable bonds is 2. The number of amides is 1. The molecule has 3 atom stereocenters. The topological polar surface area (TPSA) is 53.9 Å². The van der Waals surface area contributed by atoms with Gasteiger partial charge in [-0.3, -0.25) is 9.48 Å². The van der Waals surface area contributed by atoms with E-state index in [9.17, 15) is 4.79 Å². The van der Waals surface area contributed by atoms with Crippen molar-refractivity contribution >= 4 is 16.8 Å². The first-order chi connectivity index (χ1) is 12.1. The Morgan fingerprint density at radius 2 is 2.16 bits per heavy atom. The SMILES string of the molecule is C[C@@H]1c2[nH]c3ccccc3c2CCN1C(=O)[C@H]1C[C@H]1c1cnn(C)c1. The average Bonchev–Trinajstić information content (AvgIpc) is 3.15. The molecule has 1 aliphatic heterocycles. The van der Waals surface area contributed by atoms with Gasteiger partial charge in [-0.15, -0.1) is 0 Å². The Labute approximate surface area is 146 Å². The molecule has 5 heteroatoms. The average molecular weight is 334 g/mol. The second-order valence-corrected chi connectivity index (χ2v) is 7.42.